The molecule has 31 heavy (non-hydrogen) atoms. The molecule has 0 unspecified atom stereocenters. The van der Waals surface area contributed by atoms with Crippen LogP contribution in [0.2, 0.25) is 0 Å². The van der Waals surface area contributed by atoms with Gasteiger partial charge >= 0.3 is 11.9 Å². The standard InChI is InChI=1S/C20H20N2O7S2/c1-4-29-19(24)13-5-10-16-17(11-13)30-20(22(16)12-18(23)28-3)21-31(25,26)15-8-6-14(27-2)7-9-15/h5-11H,4,12H2,1-3H3/b21-20-. The number of esters is 2. The van der Waals surface area contributed by atoms with E-state index >= 15 is 0 Å². The zero-order valence-corrected chi connectivity index (χ0v) is 18.7. The van der Waals surface area contributed by atoms with E-state index in [0.717, 1.165) is 11.3 Å². The zero-order chi connectivity index (χ0) is 22.6. The molecule has 0 N–H and O–H groups in total. The summed E-state index contributed by atoms with van der Waals surface area (Å²) in [4.78, 5) is 24.0. The summed E-state index contributed by atoms with van der Waals surface area (Å²) in [5.74, 6) is -0.563. The SMILES string of the molecule is CCOC(=O)c1ccc2c(c1)s/c(=N\S(=O)(=O)c1ccc(OC)cc1)n2CC(=O)OC. The molecule has 2 aromatic carbocycles. The third-order valence-corrected chi connectivity index (χ3v) is 6.70. The van der Waals surface area contributed by atoms with Crippen molar-refractivity contribution in [3.8, 4) is 5.75 Å². The summed E-state index contributed by atoms with van der Waals surface area (Å²) in [6.45, 7) is 1.68. The van der Waals surface area contributed by atoms with Gasteiger partial charge in [-0.15, -0.1) is 4.40 Å². The minimum Gasteiger partial charge on any atom is -0.497 e. The molecular weight excluding hydrogens is 444 g/mol. The minimum absolute atomic E-state index is 0.0254. The van der Waals surface area contributed by atoms with E-state index in [1.165, 1.54) is 43.1 Å². The van der Waals surface area contributed by atoms with E-state index in [4.69, 9.17) is 14.2 Å². The largest absolute Gasteiger partial charge is 0.497 e. The van der Waals surface area contributed by atoms with Gasteiger partial charge in [0, 0.05) is 0 Å². The molecule has 0 amide bonds. The van der Waals surface area contributed by atoms with Crippen LogP contribution in [0.5, 0.6) is 5.75 Å². The van der Waals surface area contributed by atoms with Gasteiger partial charge in [0.1, 0.15) is 12.3 Å². The van der Waals surface area contributed by atoms with Gasteiger partial charge in [0.15, 0.2) is 0 Å². The van der Waals surface area contributed by atoms with Crippen LogP contribution in [-0.2, 0) is 30.8 Å². The molecule has 0 aliphatic rings. The van der Waals surface area contributed by atoms with Crippen LogP contribution in [0, 0.1) is 0 Å². The van der Waals surface area contributed by atoms with Crippen LogP contribution in [0.15, 0.2) is 51.8 Å². The average Bonchev–Trinajstić information content (AvgIpc) is 3.09. The van der Waals surface area contributed by atoms with Gasteiger partial charge in [0.25, 0.3) is 10.0 Å². The molecule has 0 aliphatic carbocycles. The molecule has 1 aromatic heterocycles. The Labute approximate surface area is 182 Å². The van der Waals surface area contributed by atoms with E-state index in [1.807, 2.05) is 0 Å². The van der Waals surface area contributed by atoms with Crippen LogP contribution in [0.1, 0.15) is 17.3 Å². The number of methoxy groups -OCH3 is 2. The highest BCUT2D eigenvalue weighted by Gasteiger charge is 2.18. The fraction of sp³-hybridized carbons (Fsp3) is 0.250. The quantitative estimate of drug-likeness (QED) is 0.493. The molecule has 0 bridgehead atoms. The highest BCUT2D eigenvalue weighted by molar-refractivity contribution is 7.90. The monoisotopic (exact) mass is 464 g/mol. The Morgan fingerprint density at radius 3 is 2.42 bits per heavy atom. The van der Waals surface area contributed by atoms with Crippen LogP contribution in [0.25, 0.3) is 10.2 Å². The number of carbonyl (C=O) groups is 2. The van der Waals surface area contributed by atoms with Crippen molar-refractivity contribution in [2.75, 3.05) is 20.8 Å². The lowest BCUT2D eigenvalue weighted by Gasteiger charge is -2.05. The molecule has 3 rings (SSSR count). The lowest BCUT2D eigenvalue weighted by Crippen LogP contribution is -2.22. The predicted molar refractivity (Wildman–Crippen MR) is 114 cm³/mol. The lowest BCUT2D eigenvalue weighted by molar-refractivity contribution is -0.141. The molecule has 9 nitrogen and oxygen atoms in total. The van der Waals surface area contributed by atoms with Gasteiger partial charge in [0.05, 0.1) is 41.5 Å². The second-order valence-electron chi connectivity index (χ2n) is 6.19. The summed E-state index contributed by atoms with van der Waals surface area (Å²) in [7, 11) is -1.36. The number of aromatic nitrogens is 1. The Kier molecular flexibility index (Phi) is 6.76. The van der Waals surface area contributed by atoms with Crippen molar-refractivity contribution >= 4 is 43.5 Å². The van der Waals surface area contributed by atoms with Crippen LogP contribution in [-0.4, -0.2) is 45.7 Å². The number of fused-ring (bicyclic) bond motifs is 1. The van der Waals surface area contributed by atoms with Crippen molar-refractivity contribution in [1.82, 2.24) is 4.57 Å². The smallest absolute Gasteiger partial charge is 0.338 e. The third kappa shape index (κ3) is 4.94. The Bertz CT molecular complexity index is 1290. The van der Waals surface area contributed by atoms with Gasteiger partial charge in [-0.1, -0.05) is 11.3 Å². The van der Waals surface area contributed by atoms with Gasteiger partial charge < -0.3 is 18.8 Å². The molecule has 0 spiro atoms. The normalized spacial score (nSPS) is 12.0. The Hall–Kier alpha value is -3.18. The molecule has 1 heterocycles. The molecule has 3 aromatic rings. The maximum Gasteiger partial charge on any atom is 0.338 e. The number of hydrogen-bond donors (Lipinski definition) is 0. The van der Waals surface area contributed by atoms with E-state index < -0.39 is 22.0 Å². The van der Waals surface area contributed by atoms with Crippen molar-refractivity contribution in [2.24, 2.45) is 4.40 Å². The maximum absolute atomic E-state index is 12.8. The highest BCUT2D eigenvalue weighted by Crippen LogP contribution is 2.22. The fourth-order valence-corrected chi connectivity index (χ4v) is 5.01. The van der Waals surface area contributed by atoms with Gasteiger partial charge in [0.2, 0.25) is 4.80 Å². The number of rotatable bonds is 7. The Balaban J connectivity index is 2.17. The number of sulfonamides is 1. The van der Waals surface area contributed by atoms with Crippen molar-refractivity contribution in [3.63, 3.8) is 0 Å². The number of hydrogen-bond acceptors (Lipinski definition) is 8. The van der Waals surface area contributed by atoms with E-state index in [0.29, 0.717) is 21.5 Å². The topological polar surface area (TPSA) is 113 Å². The number of nitrogens with zero attached hydrogens (tertiary/aromatic N) is 2. The van der Waals surface area contributed by atoms with E-state index in [9.17, 15) is 18.0 Å². The first kappa shape index (κ1) is 22.5. The summed E-state index contributed by atoms with van der Waals surface area (Å²) in [6.07, 6.45) is 0. The van der Waals surface area contributed by atoms with Crippen molar-refractivity contribution < 1.29 is 32.2 Å². The first-order valence-corrected chi connectivity index (χ1v) is 11.4. The third-order valence-electron chi connectivity index (χ3n) is 4.26. The van der Waals surface area contributed by atoms with Gasteiger partial charge in [-0.3, -0.25) is 4.79 Å². The maximum atomic E-state index is 12.8. The second-order valence-corrected chi connectivity index (χ2v) is 8.80. The molecule has 0 aliphatic heterocycles. The van der Waals surface area contributed by atoms with Gasteiger partial charge in [-0.25, -0.2) is 4.79 Å². The number of ether oxygens (including phenoxy) is 3. The molecule has 0 saturated carbocycles. The zero-order valence-electron chi connectivity index (χ0n) is 17.0. The van der Waals surface area contributed by atoms with Crippen LogP contribution in [0.3, 0.4) is 0 Å². The van der Waals surface area contributed by atoms with E-state index in [2.05, 4.69) is 4.40 Å². The van der Waals surface area contributed by atoms with Crippen LogP contribution in [0.4, 0.5) is 0 Å². The predicted octanol–water partition coefficient (Wildman–Crippen LogP) is 2.35. The fourth-order valence-electron chi connectivity index (χ4n) is 2.73. The first-order chi connectivity index (χ1) is 14.8. The lowest BCUT2D eigenvalue weighted by atomic mass is 10.2. The molecule has 0 atom stereocenters. The summed E-state index contributed by atoms with van der Waals surface area (Å²) < 4.78 is 46.4. The van der Waals surface area contributed by atoms with Crippen molar-refractivity contribution in [2.45, 2.75) is 18.4 Å². The molecule has 164 valence electrons. The van der Waals surface area contributed by atoms with E-state index in [-0.39, 0.29) is 22.8 Å². The number of thiazole rings is 1. The number of carbonyl (C=O) groups excluding carboxylic acids is 2. The van der Waals surface area contributed by atoms with Crippen LogP contribution < -0.4 is 9.54 Å². The highest BCUT2D eigenvalue weighted by atomic mass is 32.2. The molecule has 0 radical (unpaired) electrons. The van der Waals surface area contributed by atoms with Crippen molar-refractivity contribution in [1.29, 1.82) is 0 Å². The molecule has 0 fully saturated rings. The Morgan fingerprint density at radius 1 is 1.10 bits per heavy atom. The second kappa shape index (κ2) is 9.31. The van der Waals surface area contributed by atoms with E-state index in [1.54, 1.807) is 25.1 Å². The van der Waals surface area contributed by atoms with Crippen LogP contribution >= 0.6 is 11.3 Å². The molecule has 0 saturated heterocycles. The summed E-state index contributed by atoms with van der Waals surface area (Å²) in [5, 5.41) is 0. The summed E-state index contributed by atoms with van der Waals surface area (Å²) >= 11 is 1.03. The molecule has 11 heteroatoms. The minimum atomic E-state index is -4.07. The first-order valence-electron chi connectivity index (χ1n) is 9.11. The van der Waals surface area contributed by atoms with Gasteiger partial charge in [-0.05, 0) is 49.4 Å². The Morgan fingerprint density at radius 2 is 1.81 bits per heavy atom. The average molecular weight is 465 g/mol. The summed E-state index contributed by atoms with van der Waals surface area (Å²) in [5.41, 5.74) is 0.845. The molecular formula is C20H20N2O7S2. The van der Waals surface area contributed by atoms with Gasteiger partial charge in [-0.2, -0.15) is 8.42 Å². The van der Waals surface area contributed by atoms with Crippen molar-refractivity contribution in [3.05, 3.63) is 52.8 Å². The number of benzene rings is 2. The summed E-state index contributed by atoms with van der Waals surface area (Å²) in [6, 6.07) is 10.5.